The molecule has 0 N–H and O–H groups in total. The quantitative estimate of drug-likeness (QED) is 0.438. The zero-order chi connectivity index (χ0) is 23.3. The fraction of sp³-hybridized carbons (Fsp3) is 0.227. The Kier molecular flexibility index (Phi) is 7.19. The first-order valence-corrected chi connectivity index (χ1v) is 9.71. The summed E-state index contributed by atoms with van der Waals surface area (Å²) in [6.07, 6.45) is -4.65. The number of para-hydroxylation sites is 1. The number of ether oxygens (including phenoxy) is 3. The van der Waals surface area contributed by atoms with Gasteiger partial charge in [-0.15, -0.1) is 0 Å². The number of methoxy groups -OCH3 is 1. The molecule has 168 valence electrons. The molecule has 0 aliphatic rings. The lowest BCUT2D eigenvalue weighted by atomic mass is 10.1. The van der Waals surface area contributed by atoms with Crippen molar-refractivity contribution in [1.29, 1.82) is 0 Å². The molecule has 0 bridgehead atoms. The number of carbonyl (C=O) groups is 1. The summed E-state index contributed by atoms with van der Waals surface area (Å²) in [5, 5.41) is -0.570. The highest BCUT2D eigenvalue weighted by molar-refractivity contribution is 6.33. The molecule has 0 spiro atoms. The Bertz CT molecular complexity index is 1090. The van der Waals surface area contributed by atoms with Crippen molar-refractivity contribution in [2.75, 3.05) is 7.11 Å². The average Bonchev–Trinajstić information content (AvgIpc) is 2.77. The normalized spacial score (nSPS) is 12.2. The van der Waals surface area contributed by atoms with E-state index in [-0.39, 0.29) is 12.3 Å². The van der Waals surface area contributed by atoms with Gasteiger partial charge >= 0.3 is 12.1 Å². The average molecular weight is 467 g/mol. The van der Waals surface area contributed by atoms with Gasteiger partial charge in [-0.2, -0.15) is 13.2 Å². The summed E-state index contributed by atoms with van der Waals surface area (Å²) in [7, 11) is 1.28. The smallest absolute Gasteiger partial charge is 0.434 e. The highest BCUT2D eigenvalue weighted by atomic mass is 35.5. The summed E-state index contributed by atoms with van der Waals surface area (Å²) >= 11 is 5.88. The zero-order valence-corrected chi connectivity index (χ0v) is 17.8. The number of aromatic nitrogens is 2. The molecule has 0 aliphatic heterocycles. The van der Waals surface area contributed by atoms with E-state index >= 15 is 0 Å². The van der Waals surface area contributed by atoms with Crippen molar-refractivity contribution in [3.63, 3.8) is 0 Å². The summed E-state index contributed by atoms with van der Waals surface area (Å²) in [5.74, 6) is 0.425. The number of hydrogen-bond acceptors (Lipinski definition) is 6. The molecule has 3 aromatic rings. The third-order valence-corrected chi connectivity index (χ3v) is 4.75. The molecule has 10 heteroatoms. The summed E-state index contributed by atoms with van der Waals surface area (Å²) in [4.78, 5) is 18.7. The summed E-state index contributed by atoms with van der Waals surface area (Å²) in [6.45, 7) is 1.71. The van der Waals surface area contributed by atoms with Gasteiger partial charge in [0.05, 0.1) is 17.8 Å². The number of alkyl halides is 3. The molecule has 1 heterocycles. The van der Waals surface area contributed by atoms with Crippen molar-refractivity contribution < 1.29 is 32.2 Å². The van der Waals surface area contributed by atoms with Gasteiger partial charge in [-0.25, -0.2) is 14.8 Å². The van der Waals surface area contributed by atoms with E-state index in [9.17, 15) is 18.0 Å². The highest BCUT2D eigenvalue weighted by Crippen LogP contribution is 2.37. The summed E-state index contributed by atoms with van der Waals surface area (Å²) in [6, 6.07) is 13.3. The number of hydrogen-bond donors (Lipinski definition) is 0. The highest BCUT2D eigenvalue weighted by Gasteiger charge is 2.36. The van der Waals surface area contributed by atoms with Gasteiger partial charge in [0.1, 0.15) is 24.4 Å². The second-order valence-electron chi connectivity index (χ2n) is 6.59. The van der Waals surface area contributed by atoms with Crippen LogP contribution in [0.4, 0.5) is 13.2 Å². The maximum Gasteiger partial charge on any atom is 0.434 e. The molecule has 1 aromatic heterocycles. The van der Waals surface area contributed by atoms with Crippen molar-refractivity contribution in [3.05, 3.63) is 71.1 Å². The molecule has 1 atom stereocenters. The van der Waals surface area contributed by atoms with Crippen LogP contribution in [0.3, 0.4) is 0 Å². The first-order valence-electron chi connectivity index (χ1n) is 9.34. The molecule has 0 fully saturated rings. The second-order valence-corrected chi connectivity index (χ2v) is 6.96. The maximum atomic E-state index is 13.0. The van der Waals surface area contributed by atoms with E-state index in [1.54, 1.807) is 55.5 Å². The summed E-state index contributed by atoms with van der Waals surface area (Å²) in [5.41, 5.74) is -0.148. The van der Waals surface area contributed by atoms with Crippen molar-refractivity contribution in [2.24, 2.45) is 0 Å². The van der Waals surface area contributed by atoms with Crippen molar-refractivity contribution in [3.8, 4) is 22.8 Å². The number of halogens is 4. The van der Waals surface area contributed by atoms with Gasteiger partial charge in [0, 0.05) is 11.1 Å². The van der Waals surface area contributed by atoms with Crippen LogP contribution in [-0.4, -0.2) is 29.2 Å². The van der Waals surface area contributed by atoms with Crippen LogP contribution in [0, 0.1) is 0 Å². The maximum absolute atomic E-state index is 13.0. The van der Waals surface area contributed by atoms with E-state index in [1.165, 1.54) is 7.11 Å². The van der Waals surface area contributed by atoms with Crippen LogP contribution < -0.4 is 9.47 Å². The van der Waals surface area contributed by atoms with E-state index in [0.29, 0.717) is 22.6 Å². The van der Waals surface area contributed by atoms with Gasteiger partial charge in [-0.1, -0.05) is 29.8 Å². The number of esters is 1. The van der Waals surface area contributed by atoms with Gasteiger partial charge in [0.2, 0.25) is 0 Å². The van der Waals surface area contributed by atoms with Crippen LogP contribution in [0.1, 0.15) is 18.2 Å². The Morgan fingerprint density at radius 3 is 2.44 bits per heavy atom. The molecule has 0 saturated carbocycles. The third-order valence-electron chi connectivity index (χ3n) is 4.39. The minimum absolute atomic E-state index is 0.0314. The number of benzene rings is 2. The van der Waals surface area contributed by atoms with E-state index in [2.05, 4.69) is 14.7 Å². The van der Waals surface area contributed by atoms with Crippen molar-refractivity contribution >= 4 is 17.6 Å². The molecular weight excluding hydrogens is 449 g/mol. The van der Waals surface area contributed by atoms with E-state index < -0.39 is 29.0 Å². The Hall–Kier alpha value is -3.33. The van der Waals surface area contributed by atoms with Crippen molar-refractivity contribution in [1.82, 2.24) is 9.97 Å². The Morgan fingerprint density at radius 2 is 1.78 bits per heavy atom. The molecule has 0 amide bonds. The molecule has 3 rings (SSSR count). The lowest BCUT2D eigenvalue weighted by Gasteiger charge is -2.16. The first-order chi connectivity index (χ1) is 15.2. The Balaban J connectivity index is 1.73. The molecule has 0 saturated heterocycles. The van der Waals surface area contributed by atoms with Crippen LogP contribution in [0.5, 0.6) is 11.5 Å². The SMILES string of the molecule is COC(=O)C(C)Oc1ccccc1COc1ccc(-c2ncnc(C(F)(F)F)c2Cl)cc1. The third kappa shape index (κ3) is 5.47. The van der Waals surface area contributed by atoms with Crippen LogP contribution in [0.25, 0.3) is 11.3 Å². The standard InChI is InChI=1S/C22H18ClF3N2O4/c1-13(21(29)30-2)32-17-6-4-3-5-15(17)11-31-16-9-7-14(8-10-16)19-18(23)20(22(24,25)26)28-12-27-19/h3-10,12-13H,11H2,1-2H3. The van der Waals surface area contributed by atoms with Crippen LogP contribution in [0.15, 0.2) is 54.9 Å². The molecule has 1 unspecified atom stereocenters. The van der Waals surface area contributed by atoms with Gasteiger partial charge in [0.25, 0.3) is 0 Å². The number of nitrogens with zero attached hydrogens (tertiary/aromatic N) is 2. The van der Waals surface area contributed by atoms with E-state index in [1.807, 2.05) is 0 Å². The molecule has 32 heavy (non-hydrogen) atoms. The second kappa shape index (κ2) is 9.86. The monoisotopic (exact) mass is 466 g/mol. The van der Waals surface area contributed by atoms with Crippen LogP contribution in [-0.2, 0) is 22.3 Å². The summed E-state index contributed by atoms with van der Waals surface area (Å²) < 4.78 is 55.1. The largest absolute Gasteiger partial charge is 0.489 e. The van der Waals surface area contributed by atoms with Gasteiger partial charge < -0.3 is 14.2 Å². The molecule has 0 aliphatic carbocycles. The lowest BCUT2D eigenvalue weighted by molar-refractivity contribution is -0.148. The fourth-order valence-corrected chi connectivity index (χ4v) is 3.10. The zero-order valence-electron chi connectivity index (χ0n) is 17.0. The Morgan fingerprint density at radius 1 is 1.09 bits per heavy atom. The topological polar surface area (TPSA) is 70.5 Å². The van der Waals surface area contributed by atoms with Crippen LogP contribution in [0.2, 0.25) is 5.02 Å². The van der Waals surface area contributed by atoms with Crippen LogP contribution >= 0.6 is 11.6 Å². The van der Waals surface area contributed by atoms with Crippen molar-refractivity contribution in [2.45, 2.75) is 25.8 Å². The van der Waals surface area contributed by atoms with Gasteiger partial charge in [-0.3, -0.25) is 0 Å². The van der Waals surface area contributed by atoms with Gasteiger partial charge in [0.15, 0.2) is 11.8 Å². The van der Waals surface area contributed by atoms with Gasteiger partial charge in [-0.05, 0) is 37.3 Å². The molecule has 0 radical (unpaired) electrons. The Labute approximate surface area is 186 Å². The predicted octanol–water partition coefficient (Wildman–Crippen LogP) is 5.34. The van der Waals surface area contributed by atoms with E-state index in [4.69, 9.17) is 21.1 Å². The van der Waals surface area contributed by atoms with E-state index in [0.717, 1.165) is 6.33 Å². The molecular formula is C22H18ClF3N2O4. The number of rotatable bonds is 7. The predicted molar refractivity (Wildman–Crippen MR) is 110 cm³/mol. The fourth-order valence-electron chi connectivity index (χ4n) is 2.78. The molecule has 6 nitrogen and oxygen atoms in total. The molecule has 2 aromatic carbocycles. The number of carbonyl (C=O) groups excluding carboxylic acids is 1. The lowest BCUT2D eigenvalue weighted by Crippen LogP contribution is -2.25. The minimum atomic E-state index is -4.68. The first kappa shape index (κ1) is 23.3. The minimum Gasteiger partial charge on any atom is -0.489 e.